The quantitative estimate of drug-likeness (QED) is 0.921. The maximum Gasteiger partial charge on any atom is 0.274 e. The molecule has 6 nitrogen and oxygen atoms in total. The van der Waals surface area contributed by atoms with Gasteiger partial charge in [-0.1, -0.05) is 41.6 Å². The Hall–Kier alpha value is -2.89. The molecule has 0 radical (unpaired) electrons. The zero-order valence-electron chi connectivity index (χ0n) is 12.7. The van der Waals surface area contributed by atoms with Crippen LogP contribution in [0.2, 0.25) is 0 Å². The topological polar surface area (TPSA) is 72.8 Å². The Morgan fingerprint density at radius 2 is 2.09 bits per heavy atom. The third-order valence-electron chi connectivity index (χ3n) is 3.36. The van der Waals surface area contributed by atoms with E-state index in [-0.39, 0.29) is 12.0 Å². The number of rotatable bonds is 5. The molecule has 1 atom stereocenters. The normalized spacial score (nSPS) is 16.4. The fourth-order valence-electron chi connectivity index (χ4n) is 2.26. The van der Waals surface area contributed by atoms with Gasteiger partial charge in [-0.2, -0.15) is 4.98 Å². The number of nitrogens with zero attached hydrogens (tertiary/aromatic N) is 2. The van der Waals surface area contributed by atoms with Gasteiger partial charge in [-0.3, -0.25) is 4.79 Å². The predicted octanol–water partition coefficient (Wildman–Crippen LogP) is 2.94. The van der Waals surface area contributed by atoms with Gasteiger partial charge in [0.2, 0.25) is 5.88 Å². The van der Waals surface area contributed by atoms with Gasteiger partial charge in [0.1, 0.15) is 11.5 Å². The predicted molar refractivity (Wildman–Crippen MR) is 86.4 cm³/mol. The lowest BCUT2D eigenvalue weighted by Crippen LogP contribution is -2.22. The fraction of sp³-hybridized carbons (Fsp3) is 0.235. The first kappa shape index (κ1) is 15.0. The SMILES string of the molecule is CCOc1cccc(NC(=O)C2=NO[C@H](c3ccccc3)C2)n1. The molecule has 0 aliphatic carbocycles. The van der Waals surface area contributed by atoms with E-state index in [4.69, 9.17) is 9.57 Å². The molecular formula is C17H17N3O3. The van der Waals surface area contributed by atoms with Gasteiger partial charge in [0, 0.05) is 12.5 Å². The summed E-state index contributed by atoms with van der Waals surface area (Å²) < 4.78 is 5.31. The molecule has 0 bridgehead atoms. The van der Waals surface area contributed by atoms with Gasteiger partial charge in [-0.15, -0.1) is 0 Å². The summed E-state index contributed by atoms with van der Waals surface area (Å²) in [5, 5.41) is 6.61. The molecule has 0 saturated heterocycles. The molecule has 1 amide bonds. The molecular weight excluding hydrogens is 294 g/mol. The van der Waals surface area contributed by atoms with E-state index in [0.29, 0.717) is 30.4 Å². The van der Waals surface area contributed by atoms with Gasteiger partial charge >= 0.3 is 0 Å². The summed E-state index contributed by atoms with van der Waals surface area (Å²) in [6.07, 6.45) is 0.209. The van der Waals surface area contributed by atoms with Crippen molar-refractivity contribution < 1.29 is 14.4 Å². The molecule has 0 fully saturated rings. The zero-order valence-corrected chi connectivity index (χ0v) is 12.7. The number of amides is 1. The Balaban J connectivity index is 1.62. The molecule has 1 aliphatic heterocycles. The molecule has 0 unspecified atom stereocenters. The Morgan fingerprint density at radius 3 is 2.87 bits per heavy atom. The third-order valence-corrected chi connectivity index (χ3v) is 3.36. The first-order valence-corrected chi connectivity index (χ1v) is 7.45. The Labute approximate surface area is 134 Å². The lowest BCUT2D eigenvalue weighted by atomic mass is 10.0. The number of hydrogen-bond acceptors (Lipinski definition) is 5. The number of carbonyl (C=O) groups is 1. The molecule has 1 aliphatic rings. The van der Waals surface area contributed by atoms with Crippen LogP contribution in [0.25, 0.3) is 0 Å². The highest BCUT2D eigenvalue weighted by molar-refractivity contribution is 6.43. The second-order valence-electron chi connectivity index (χ2n) is 5.00. The van der Waals surface area contributed by atoms with E-state index < -0.39 is 0 Å². The van der Waals surface area contributed by atoms with Crippen molar-refractivity contribution in [2.75, 3.05) is 11.9 Å². The molecule has 2 aromatic rings. The van der Waals surface area contributed by atoms with Crippen LogP contribution < -0.4 is 10.1 Å². The number of carbonyl (C=O) groups excluding carboxylic acids is 1. The summed E-state index contributed by atoms with van der Waals surface area (Å²) in [6.45, 7) is 2.39. The molecule has 6 heteroatoms. The number of benzene rings is 1. The maximum absolute atomic E-state index is 12.3. The molecule has 3 rings (SSSR count). The van der Waals surface area contributed by atoms with Crippen LogP contribution >= 0.6 is 0 Å². The average Bonchev–Trinajstić information content (AvgIpc) is 3.06. The largest absolute Gasteiger partial charge is 0.478 e. The number of ether oxygens (including phenoxy) is 1. The summed E-state index contributed by atoms with van der Waals surface area (Å²) >= 11 is 0. The fourth-order valence-corrected chi connectivity index (χ4v) is 2.26. The summed E-state index contributed by atoms with van der Waals surface area (Å²) in [5.41, 5.74) is 1.35. The van der Waals surface area contributed by atoms with Gasteiger partial charge in [-0.25, -0.2) is 0 Å². The van der Waals surface area contributed by atoms with Crippen LogP contribution in [0, 0.1) is 0 Å². The highest BCUT2D eigenvalue weighted by Gasteiger charge is 2.27. The molecule has 1 aromatic carbocycles. The van der Waals surface area contributed by atoms with Crippen LogP contribution in [-0.4, -0.2) is 23.2 Å². The summed E-state index contributed by atoms with van der Waals surface area (Å²) in [5.74, 6) is 0.577. The highest BCUT2D eigenvalue weighted by atomic mass is 16.6. The maximum atomic E-state index is 12.3. The van der Waals surface area contributed by atoms with Crippen molar-refractivity contribution in [3.8, 4) is 5.88 Å². The van der Waals surface area contributed by atoms with E-state index in [1.54, 1.807) is 18.2 Å². The second-order valence-corrected chi connectivity index (χ2v) is 5.00. The minimum absolute atomic E-state index is 0.223. The first-order valence-electron chi connectivity index (χ1n) is 7.45. The summed E-state index contributed by atoms with van der Waals surface area (Å²) in [4.78, 5) is 21.8. The molecule has 1 aromatic heterocycles. The Kier molecular flexibility index (Phi) is 4.52. The van der Waals surface area contributed by atoms with Crippen molar-refractivity contribution in [2.24, 2.45) is 5.16 Å². The first-order chi connectivity index (χ1) is 11.3. The summed E-state index contributed by atoms with van der Waals surface area (Å²) in [6, 6.07) is 14.9. The summed E-state index contributed by atoms with van der Waals surface area (Å²) in [7, 11) is 0. The standard InChI is InChI=1S/C17H17N3O3/c1-2-22-16-10-6-9-15(18-16)19-17(21)13-11-14(23-20-13)12-7-4-3-5-8-12/h3-10,14H,2,11H2,1H3,(H,18,19,21)/t14-/m0/s1. The van der Waals surface area contributed by atoms with E-state index in [2.05, 4.69) is 15.5 Å². The van der Waals surface area contributed by atoms with Crippen molar-refractivity contribution in [3.63, 3.8) is 0 Å². The van der Waals surface area contributed by atoms with Gasteiger partial charge in [-0.05, 0) is 18.6 Å². The van der Waals surface area contributed by atoms with Gasteiger partial charge in [0.05, 0.1) is 6.61 Å². The number of oxime groups is 1. The number of hydrogen-bond donors (Lipinski definition) is 1. The van der Waals surface area contributed by atoms with Crippen LogP contribution in [0.15, 0.2) is 53.7 Å². The van der Waals surface area contributed by atoms with Crippen molar-refractivity contribution in [3.05, 3.63) is 54.1 Å². The number of nitrogens with one attached hydrogen (secondary N) is 1. The molecule has 118 valence electrons. The van der Waals surface area contributed by atoms with E-state index in [0.717, 1.165) is 5.56 Å². The van der Waals surface area contributed by atoms with Crippen LogP contribution in [0.1, 0.15) is 25.0 Å². The number of aromatic nitrogens is 1. The van der Waals surface area contributed by atoms with Crippen molar-refractivity contribution in [1.29, 1.82) is 0 Å². The van der Waals surface area contributed by atoms with Crippen molar-refractivity contribution >= 4 is 17.4 Å². The molecule has 0 saturated carbocycles. The van der Waals surface area contributed by atoms with E-state index >= 15 is 0 Å². The zero-order chi connectivity index (χ0) is 16.1. The number of anilines is 1. The average molecular weight is 311 g/mol. The minimum atomic E-state index is -0.315. The molecule has 23 heavy (non-hydrogen) atoms. The number of pyridine rings is 1. The van der Waals surface area contributed by atoms with Crippen LogP contribution in [0.4, 0.5) is 5.82 Å². The van der Waals surface area contributed by atoms with Crippen LogP contribution in [0.5, 0.6) is 5.88 Å². The third kappa shape index (κ3) is 3.66. The second kappa shape index (κ2) is 6.91. The van der Waals surface area contributed by atoms with Gasteiger partial charge < -0.3 is 14.9 Å². The van der Waals surface area contributed by atoms with Gasteiger partial charge in [0.25, 0.3) is 5.91 Å². The van der Waals surface area contributed by atoms with Crippen molar-refractivity contribution in [1.82, 2.24) is 4.98 Å². The Bertz CT molecular complexity index is 716. The Morgan fingerprint density at radius 1 is 1.26 bits per heavy atom. The van der Waals surface area contributed by atoms with Crippen molar-refractivity contribution in [2.45, 2.75) is 19.4 Å². The lowest BCUT2D eigenvalue weighted by molar-refractivity contribution is -0.110. The van der Waals surface area contributed by atoms with E-state index in [1.165, 1.54) is 0 Å². The van der Waals surface area contributed by atoms with Crippen LogP contribution in [0.3, 0.4) is 0 Å². The van der Waals surface area contributed by atoms with E-state index in [9.17, 15) is 4.79 Å². The smallest absolute Gasteiger partial charge is 0.274 e. The monoisotopic (exact) mass is 311 g/mol. The molecule has 1 N–H and O–H groups in total. The van der Waals surface area contributed by atoms with Gasteiger partial charge in [0.15, 0.2) is 6.10 Å². The highest BCUT2D eigenvalue weighted by Crippen LogP contribution is 2.27. The molecule has 0 spiro atoms. The minimum Gasteiger partial charge on any atom is -0.478 e. The lowest BCUT2D eigenvalue weighted by Gasteiger charge is -2.08. The van der Waals surface area contributed by atoms with Crippen LogP contribution in [-0.2, 0) is 9.63 Å². The molecule has 2 heterocycles. The van der Waals surface area contributed by atoms with E-state index in [1.807, 2.05) is 37.3 Å².